The first kappa shape index (κ1) is 18.2. The van der Waals surface area contributed by atoms with Gasteiger partial charge in [-0.25, -0.2) is 0 Å². The van der Waals surface area contributed by atoms with Crippen LogP contribution in [0.4, 0.5) is 13.2 Å². The van der Waals surface area contributed by atoms with Crippen LogP contribution in [0.25, 0.3) is 0 Å². The van der Waals surface area contributed by atoms with Crippen molar-refractivity contribution in [2.75, 3.05) is 0 Å². The number of nitrogens with zero attached hydrogens (tertiary/aromatic N) is 1. The maximum absolute atomic E-state index is 13.1. The molecule has 25 heavy (non-hydrogen) atoms. The van der Waals surface area contributed by atoms with Crippen LogP contribution < -0.4 is 5.32 Å². The van der Waals surface area contributed by atoms with Crippen LogP contribution in [0.1, 0.15) is 34.5 Å². The van der Waals surface area contributed by atoms with Gasteiger partial charge in [-0.2, -0.15) is 13.2 Å². The van der Waals surface area contributed by atoms with Crippen molar-refractivity contribution in [2.24, 2.45) is 0 Å². The van der Waals surface area contributed by atoms with E-state index in [0.29, 0.717) is 30.0 Å². The SMILES string of the molecule is O=C(NC1(Cc2ncc(Br)cc2Cl)CC1)c1ccccc1C(F)(F)F. The number of carbonyl (C=O) groups excluding carboxylic acids is 1. The van der Waals surface area contributed by atoms with E-state index in [4.69, 9.17) is 11.6 Å². The predicted octanol–water partition coefficient (Wildman–Crippen LogP) is 5.02. The van der Waals surface area contributed by atoms with Gasteiger partial charge < -0.3 is 5.32 Å². The summed E-state index contributed by atoms with van der Waals surface area (Å²) >= 11 is 9.41. The highest BCUT2D eigenvalue weighted by Crippen LogP contribution is 2.40. The van der Waals surface area contributed by atoms with Gasteiger partial charge in [0.05, 0.1) is 21.8 Å². The van der Waals surface area contributed by atoms with Crippen molar-refractivity contribution in [2.45, 2.75) is 31.0 Å². The maximum Gasteiger partial charge on any atom is 0.417 e. The van der Waals surface area contributed by atoms with E-state index in [2.05, 4.69) is 26.2 Å². The highest BCUT2D eigenvalue weighted by Gasteiger charge is 2.46. The van der Waals surface area contributed by atoms with Crippen LogP contribution in [0.3, 0.4) is 0 Å². The highest BCUT2D eigenvalue weighted by molar-refractivity contribution is 9.10. The van der Waals surface area contributed by atoms with E-state index in [0.717, 1.165) is 10.5 Å². The molecule has 0 bridgehead atoms. The summed E-state index contributed by atoms with van der Waals surface area (Å²) < 4.78 is 40.0. The predicted molar refractivity (Wildman–Crippen MR) is 91.5 cm³/mol. The Balaban J connectivity index is 1.79. The van der Waals surface area contributed by atoms with Crippen LogP contribution in [0.5, 0.6) is 0 Å². The fourth-order valence-corrected chi connectivity index (χ4v) is 3.32. The average molecular weight is 434 g/mol. The maximum atomic E-state index is 13.1. The fourth-order valence-electron chi connectivity index (χ4n) is 2.63. The van der Waals surface area contributed by atoms with E-state index in [1.807, 2.05) is 0 Å². The number of carbonyl (C=O) groups is 1. The zero-order chi connectivity index (χ0) is 18.2. The van der Waals surface area contributed by atoms with E-state index in [-0.39, 0.29) is 5.56 Å². The Morgan fingerprint density at radius 1 is 1.32 bits per heavy atom. The number of hydrogen-bond acceptors (Lipinski definition) is 2. The van der Waals surface area contributed by atoms with Gasteiger partial charge >= 0.3 is 6.18 Å². The second kappa shape index (κ2) is 6.61. The lowest BCUT2D eigenvalue weighted by Crippen LogP contribution is -2.39. The summed E-state index contributed by atoms with van der Waals surface area (Å²) in [6, 6.07) is 6.45. The highest BCUT2D eigenvalue weighted by atomic mass is 79.9. The zero-order valence-electron chi connectivity index (χ0n) is 12.8. The van der Waals surface area contributed by atoms with E-state index in [9.17, 15) is 18.0 Å². The monoisotopic (exact) mass is 432 g/mol. The van der Waals surface area contributed by atoms with Crippen LogP contribution in [0.15, 0.2) is 41.0 Å². The summed E-state index contributed by atoms with van der Waals surface area (Å²) in [6.45, 7) is 0. The molecule has 8 heteroatoms. The molecule has 1 heterocycles. The Labute approximate surface area is 155 Å². The van der Waals surface area contributed by atoms with E-state index in [1.54, 1.807) is 12.3 Å². The topological polar surface area (TPSA) is 42.0 Å². The van der Waals surface area contributed by atoms with Gasteiger partial charge in [0.25, 0.3) is 5.91 Å². The summed E-state index contributed by atoms with van der Waals surface area (Å²) in [5.74, 6) is -0.737. The number of pyridine rings is 1. The van der Waals surface area contributed by atoms with Crippen molar-refractivity contribution in [3.8, 4) is 0 Å². The number of alkyl halides is 3. The molecule has 1 aromatic carbocycles. The molecule has 0 aliphatic heterocycles. The summed E-state index contributed by atoms with van der Waals surface area (Å²) in [4.78, 5) is 16.7. The third-order valence-corrected chi connectivity index (χ3v) is 4.86. The average Bonchev–Trinajstić information content (AvgIpc) is 3.29. The third kappa shape index (κ3) is 4.15. The normalized spacial score (nSPS) is 15.7. The van der Waals surface area contributed by atoms with Crippen molar-refractivity contribution >= 4 is 33.4 Å². The van der Waals surface area contributed by atoms with Gasteiger partial charge in [0.15, 0.2) is 0 Å². The van der Waals surface area contributed by atoms with Crippen LogP contribution in [0.2, 0.25) is 5.02 Å². The second-order valence-corrected chi connectivity index (χ2v) is 7.36. The molecule has 2 aromatic rings. The molecule has 1 saturated carbocycles. The molecule has 0 radical (unpaired) electrons. The van der Waals surface area contributed by atoms with Gasteiger partial charge in [0.1, 0.15) is 0 Å². The first-order valence-electron chi connectivity index (χ1n) is 7.49. The lowest BCUT2D eigenvalue weighted by Gasteiger charge is -2.19. The third-order valence-electron chi connectivity index (χ3n) is 4.10. The van der Waals surface area contributed by atoms with Gasteiger partial charge in [-0.1, -0.05) is 23.7 Å². The Kier molecular flexibility index (Phi) is 4.81. The standard InChI is InChI=1S/C17H13BrClF3N2O/c18-10-7-13(19)14(23-9-10)8-16(5-6-16)24-15(25)11-3-1-2-4-12(11)17(20,21)22/h1-4,7,9H,5-6,8H2,(H,24,25). The molecule has 0 spiro atoms. The summed E-state index contributed by atoms with van der Waals surface area (Å²) in [6.07, 6.45) is -1.28. The molecule has 1 aliphatic carbocycles. The Morgan fingerprint density at radius 2 is 2.00 bits per heavy atom. The molecule has 3 nitrogen and oxygen atoms in total. The molecular weight excluding hydrogens is 421 g/mol. The largest absolute Gasteiger partial charge is 0.417 e. The Bertz CT molecular complexity index is 822. The first-order valence-corrected chi connectivity index (χ1v) is 8.66. The molecule has 132 valence electrons. The lowest BCUT2D eigenvalue weighted by molar-refractivity contribution is -0.137. The van der Waals surface area contributed by atoms with Gasteiger partial charge in [0.2, 0.25) is 0 Å². The number of halogens is 5. The van der Waals surface area contributed by atoms with Gasteiger partial charge in [-0.05, 0) is 47.0 Å². The van der Waals surface area contributed by atoms with Crippen molar-refractivity contribution in [3.05, 3.63) is 62.8 Å². The molecule has 0 saturated heterocycles. The van der Waals surface area contributed by atoms with Crippen LogP contribution >= 0.6 is 27.5 Å². The van der Waals surface area contributed by atoms with E-state index < -0.39 is 23.2 Å². The number of nitrogens with one attached hydrogen (secondary N) is 1. The number of aromatic nitrogens is 1. The minimum Gasteiger partial charge on any atom is -0.346 e. The van der Waals surface area contributed by atoms with Gasteiger partial charge in [0, 0.05) is 22.6 Å². The van der Waals surface area contributed by atoms with Crippen molar-refractivity contribution in [1.82, 2.24) is 10.3 Å². The molecular formula is C17H13BrClF3N2O. The summed E-state index contributed by atoms with van der Waals surface area (Å²) in [5, 5.41) is 3.19. The van der Waals surface area contributed by atoms with Crippen molar-refractivity contribution in [3.63, 3.8) is 0 Å². The first-order chi connectivity index (χ1) is 11.7. The smallest absolute Gasteiger partial charge is 0.346 e. The molecule has 1 aliphatic rings. The van der Waals surface area contributed by atoms with E-state index in [1.165, 1.54) is 18.2 Å². The number of amides is 1. The minimum absolute atomic E-state index is 0.374. The second-order valence-electron chi connectivity index (χ2n) is 6.04. The number of benzene rings is 1. The van der Waals surface area contributed by atoms with Gasteiger partial charge in [-0.15, -0.1) is 0 Å². The Hall–Kier alpha value is -1.60. The van der Waals surface area contributed by atoms with Crippen molar-refractivity contribution in [1.29, 1.82) is 0 Å². The number of rotatable bonds is 4. The van der Waals surface area contributed by atoms with E-state index >= 15 is 0 Å². The summed E-state index contributed by atoms with van der Waals surface area (Å²) in [5.41, 5.74) is -1.31. The van der Waals surface area contributed by atoms with Crippen LogP contribution in [0, 0.1) is 0 Å². The minimum atomic E-state index is -4.58. The molecule has 1 fully saturated rings. The Morgan fingerprint density at radius 3 is 2.60 bits per heavy atom. The zero-order valence-corrected chi connectivity index (χ0v) is 15.2. The number of hydrogen-bond donors (Lipinski definition) is 1. The van der Waals surface area contributed by atoms with Gasteiger partial charge in [-0.3, -0.25) is 9.78 Å². The van der Waals surface area contributed by atoms with Crippen LogP contribution in [-0.2, 0) is 12.6 Å². The molecule has 0 atom stereocenters. The molecule has 1 N–H and O–H groups in total. The molecule has 0 unspecified atom stereocenters. The quantitative estimate of drug-likeness (QED) is 0.735. The lowest BCUT2D eigenvalue weighted by atomic mass is 10.0. The molecule has 1 amide bonds. The fraction of sp³-hybridized carbons (Fsp3) is 0.294. The molecule has 3 rings (SSSR count). The summed E-state index contributed by atoms with van der Waals surface area (Å²) in [7, 11) is 0. The van der Waals surface area contributed by atoms with Crippen molar-refractivity contribution < 1.29 is 18.0 Å². The molecule has 1 aromatic heterocycles. The van der Waals surface area contributed by atoms with Crippen LogP contribution in [-0.4, -0.2) is 16.4 Å².